The van der Waals surface area contributed by atoms with Crippen molar-refractivity contribution in [3.63, 3.8) is 0 Å². The molecule has 5 aliphatic carbocycles. The highest BCUT2D eigenvalue weighted by Crippen LogP contribution is 2.52. The Morgan fingerprint density at radius 3 is 0.761 bits per heavy atom. The SMILES string of the molecule is C=C(C)[C@@H]1CCC(C)=C[C@H]1c1c(O)cc(C)cc1O.C=C(C)[C@@H]1CCC(C)=C[C@H]1c1c(O)cc(CCC)cc1O.C=C(C)[C@@H]1CCC(C)=C[C@H]1c1c(O)cc(CCCC)cc1O.C=C(C)[C@@H]1CCC(C)=C[C@H]1c1c(O)cc(CCCCC)cc1O.C=C(C)[C@@H]1CCC(C)=C[C@H]1c1c(O)cc(CCCCC)cc1OC. The topological polar surface area (TPSA) is 191 Å². The van der Waals surface area contributed by atoms with Crippen LogP contribution in [0.25, 0.3) is 0 Å². The quantitative estimate of drug-likeness (QED) is 0.0212. The molecule has 10 atom stereocenters. The predicted octanol–water partition coefficient (Wildman–Crippen LogP) is 26.9. The molecule has 109 heavy (non-hydrogen) atoms. The van der Waals surface area contributed by atoms with Crippen LogP contribution >= 0.6 is 0 Å². The lowest BCUT2D eigenvalue weighted by Crippen LogP contribution is -2.17. The fourth-order valence-electron chi connectivity index (χ4n) is 17.3. The maximum Gasteiger partial charge on any atom is 0.126 e. The molecule has 0 radical (unpaired) electrons. The zero-order chi connectivity index (χ0) is 80.7. The fraction of sp³-hybridized carbons (Fsp3) is 0.495. The Bertz CT molecular complexity index is 4030. The molecule has 5 aromatic rings. The molecule has 0 heterocycles. The van der Waals surface area contributed by atoms with Crippen LogP contribution in [0.2, 0.25) is 0 Å². The molecule has 0 spiro atoms. The minimum Gasteiger partial charge on any atom is -0.507 e. The van der Waals surface area contributed by atoms with Gasteiger partial charge in [-0.15, -0.1) is 0 Å². The molecule has 0 amide bonds. The van der Waals surface area contributed by atoms with Gasteiger partial charge in [0.2, 0.25) is 0 Å². The number of phenolic OH excluding ortho intramolecular Hbond substituents is 9. The molecule has 0 fully saturated rings. The first-order valence-electron chi connectivity index (χ1n) is 40.9. The number of aromatic hydroxyl groups is 9. The van der Waals surface area contributed by atoms with E-state index in [1.165, 1.54) is 59.1 Å². The van der Waals surface area contributed by atoms with E-state index in [4.69, 9.17) is 4.74 Å². The number of hydrogen-bond acceptors (Lipinski definition) is 10. The van der Waals surface area contributed by atoms with Gasteiger partial charge in [0, 0.05) is 57.4 Å². The Balaban J connectivity index is 0.000000213. The Morgan fingerprint density at radius 1 is 0.303 bits per heavy atom. The second kappa shape index (κ2) is 42.6. The third kappa shape index (κ3) is 24.7. The Labute approximate surface area is 657 Å². The maximum absolute atomic E-state index is 10.8. The molecule has 10 rings (SSSR count). The van der Waals surface area contributed by atoms with Crippen LogP contribution in [0.4, 0.5) is 0 Å². The summed E-state index contributed by atoms with van der Waals surface area (Å²) in [5, 5.41) is 94.1. The summed E-state index contributed by atoms with van der Waals surface area (Å²) < 4.78 is 5.67. The maximum atomic E-state index is 10.8. The summed E-state index contributed by atoms with van der Waals surface area (Å²) in [4.78, 5) is 0. The summed E-state index contributed by atoms with van der Waals surface area (Å²) in [6.45, 7) is 51.9. The summed E-state index contributed by atoms with van der Waals surface area (Å²) >= 11 is 0. The molecule has 0 unspecified atom stereocenters. The number of benzene rings is 5. The van der Waals surface area contributed by atoms with Crippen LogP contribution in [0.5, 0.6) is 57.5 Å². The lowest BCUT2D eigenvalue weighted by atomic mass is 9.73. The molecular formula is C99H138O10. The van der Waals surface area contributed by atoms with E-state index in [0.717, 1.165) is 183 Å². The van der Waals surface area contributed by atoms with E-state index in [1.807, 2.05) is 65.0 Å². The molecule has 594 valence electrons. The number of aryl methyl sites for hydroxylation is 5. The Morgan fingerprint density at radius 2 is 0.523 bits per heavy atom. The van der Waals surface area contributed by atoms with Crippen molar-refractivity contribution in [2.45, 2.75) is 281 Å². The van der Waals surface area contributed by atoms with Crippen molar-refractivity contribution in [1.29, 1.82) is 0 Å². The molecule has 9 N–H and O–H groups in total. The number of phenols is 9. The second-order valence-corrected chi connectivity index (χ2v) is 33.0. The monoisotopic (exact) mass is 1490 g/mol. The average molecular weight is 1490 g/mol. The van der Waals surface area contributed by atoms with Crippen molar-refractivity contribution in [1.82, 2.24) is 0 Å². The summed E-state index contributed by atoms with van der Waals surface area (Å²) in [6.07, 6.45) is 35.3. The van der Waals surface area contributed by atoms with Gasteiger partial charge in [0.25, 0.3) is 0 Å². The molecule has 0 bridgehead atoms. The zero-order valence-corrected chi connectivity index (χ0v) is 69.7. The number of unbranched alkanes of at least 4 members (excludes halogenated alkanes) is 5. The third-order valence-electron chi connectivity index (χ3n) is 23.3. The Kier molecular flexibility index (Phi) is 35.0. The van der Waals surface area contributed by atoms with E-state index in [0.29, 0.717) is 33.9 Å². The second-order valence-electron chi connectivity index (χ2n) is 33.0. The molecule has 0 aliphatic heterocycles. The summed E-state index contributed by atoms with van der Waals surface area (Å²) in [5.41, 5.74) is 20.8. The van der Waals surface area contributed by atoms with Crippen molar-refractivity contribution in [2.75, 3.05) is 7.11 Å². The van der Waals surface area contributed by atoms with Crippen molar-refractivity contribution >= 4 is 0 Å². The normalized spacial score (nSPS) is 21.6. The minimum atomic E-state index is 0.0194. The summed E-state index contributed by atoms with van der Waals surface area (Å²) in [7, 11) is 1.70. The molecule has 5 aromatic carbocycles. The van der Waals surface area contributed by atoms with Crippen LogP contribution in [-0.4, -0.2) is 53.1 Å². The van der Waals surface area contributed by atoms with E-state index in [2.05, 4.69) is 139 Å². The molecular weight excluding hydrogens is 1350 g/mol. The predicted molar refractivity (Wildman–Crippen MR) is 458 cm³/mol. The van der Waals surface area contributed by atoms with Gasteiger partial charge in [0.1, 0.15) is 57.5 Å². The van der Waals surface area contributed by atoms with Gasteiger partial charge in [-0.1, -0.05) is 185 Å². The fourth-order valence-corrected chi connectivity index (χ4v) is 17.3. The van der Waals surface area contributed by atoms with E-state index in [9.17, 15) is 46.0 Å². The lowest BCUT2D eigenvalue weighted by Gasteiger charge is -2.32. The van der Waals surface area contributed by atoms with E-state index in [1.54, 1.807) is 31.4 Å². The first-order chi connectivity index (χ1) is 51.7. The highest BCUT2D eigenvalue weighted by Gasteiger charge is 2.36. The summed E-state index contributed by atoms with van der Waals surface area (Å²) in [5.74, 6) is 4.53. The number of ether oxygens (including phenoxy) is 1. The van der Waals surface area contributed by atoms with Crippen molar-refractivity contribution in [2.24, 2.45) is 29.6 Å². The standard InChI is InChI=1S/C22H32O2.C21H30O2.C20H28O2.C19H26O2.C17H22O2/c1-6-7-8-9-17-13-20(23)22(21(14-17)24-5)19-12-16(4)10-11-18(19)15(2)3;1-5-6-7-8-16-12-19(22)21(20(23)13-16)18-11-15(4)9-10-17(18)14(2)3;1-5-6-7-15-11-18(21)20(19(22)12-15)17-10-14(4)8-9-16(17)13(2)3;1-5-6-14-10-17(20)19(18(21)11-14)16-9-13(4)7-8-15(16)12(2)3;1-10(2)13-6-5-11(3)7-14(13)17-15(18)8-12(4)9-16(17)19/h12-14,18-19,23H,2,6-11H2,1,3-5H3;11-13,17-18,22-23H,2,5-10H2,1,3-4H3;10-12,16-17,21-22H,2,5-9H2,1,3-4H3;9-11,15-16,20-21H,2,5-8H2,1,3-4H3;7-9,13-14,18-19H,1,5-6H2,2-4H3/t18-,19+;17-,18+;16-,17+;15-,16+;13-,14+/m00000/s1. The number of allylic oxidation sites excluding steroid dienone is 15. The molecule has 0 aromatic heterocycles. The van der Waals surface area contributed by atoms with Crippen LogP contribution < -0.4 is 4.74 Å². The minimum absolute atomic E-state index is 0.0194. The van der Waals surface area contributed by atoms with Gasteiger partial charge in [-0.25, -0.2) is 0 Å². The molecule has 0 saturated heterocycles. The number of rotatable bonds is 24. The van der Waals surface area contributed by atoms with Crippen molar-refractivity contribution in [3.8, 4) is 57.5 Å². The molecule has 10 heteroatoms. The van der Waals surface area contributed by atoms with Gasteiger partial charge >= 0.3 is 0 Å². The third-order valence-corrected chi connectivity index (χ3v) is 23.3. The van der Waals surface area contributed by atoms with Gasteiger partial charge in [0.05, 0.1) is 7.11 Å². The van der Waals surface area contributed by atoms with E-state index < -0.39 is 0 Å². The number of hydrogen-bond donors (Lipinski definition) is 9. The highest BCUT2D eigenvalue weighted by molar-refractivity contribution is 5.57. The first-order valence-corrected chi connectivity index (χ1v) is 40.9. The highest BCUT2D eigenvalue weighted by atomic mass is 16.5. The van der Waals surface area contributed by atoms with Crippen LogP contribution in [0.3, 0.4) is 0 Å². The van der Waals surface area contributed by atoms with Gasteiger partial charge in [-0.05, 0) is 303 Å². The first kappa shape index (κ1) is 89.4. The Hall–Kier alpha value is -8.50. The largest absolute Gasteiger partial charge is 0.507 e. The van der Waals surface area contributed by atoms with Gasteiger partial charge in [-0.2, -0.15) is 0 Å². The van der Waals surface area contributed by atoms with Crippen LogP contribution in [0.15, 0.2) is 180 Å². The average Bonchev–Trinajstić information content (AvgIpc) is 0.835. The van der Waals surface area contributed by atoms with E-state index >= 15 is 0 Å². The van der Waals surface area contributed by atoms with Crippen molar-refractivity contribution < 1.29 is 50.7 Å². The van der Waals surface area contributed by atoms with E-state index in [-0.39, 0.29) is 99.3 Å². The van der Waals surface area contributed by atoms with Gasteiger partial charge in [0.15, 0.2) is 0 Å². The lowest BCUT2D eigenvalue weighted by molar-refractivity contribution is 0.381. The molecule has 10 nitrogen and oxygen atoms in total. The van der Waals surface area contributed by atoms with Crippen LogP contribution in [0, 0.1) is 36.5 Å². The number of methoxy groups -OCH3 is 1. The smallest absolute Gasteiger partial charge is 0.126 e. The van der Waals surface area contributed by atoms with Gasteiger partial charge in [-0.3, -0.25) is 0 Å². The van der Waals surface area contributed by atoms with Crippen LogP contribution in [-0.2, 0) is 25.7 Å². The van der Waals surface area contributed by atoms with Crippen molar-refractivity contribution in [3.05, 3.63) is 235 Å². The molecule has 5 aliphatic rings. The zero-order valence-electron chi connectivity index (χ0n) is 69.7. The van der Waals surface area contributed by atoms with Crippen LogP contribution in [0.1, 0.15) is 304 Å². The van der Waals surface area contributed by atoms with Gasteiger partial charge < -0.3 is 50.7 Å². The summed E-state index contributed by atoms with van der Waals surface area (Å²) in [6, 6.07) is 18.4. The molecule has 0 saturated carbocycles.